The third kappa shape index (κ3) is 4.03. The maximum atomic E-state index is 12.5. The van der Waals surface area contributed by atoms with Crippen molar-refractivity contribution >= 4 is 40.6 Å². The quantitative estimate of drug-likeness (QED) is 0.811. The van der Waals surface area contributed by atoms with Crippen LogP contribution in [-0.2, 0) is 4.79 Å². The second-order valence-electron chi connectivity index (χ2n) is 5.95. The molecule has 0 unspecified atom stereocenters. The standard InChI is InChI=1S/C20H18N2O4S/c1-12-4-5-13(10-16(12)26-3)11-17-18(23)22(2)20(27-17)21-15-8-6-14(7-9-15)19(24)25/h4-11H,1-3H3,(H,24,25)/b17-11+,21-20?. The monoisotopic (exact) mass is 382 g/mol. The average Bonchev–Trinajstić information content (AvgIpc) is 2.91. The Bertz CT molecular complexity index is 964. The highest BCUT2D eigenvalue weighted by molar-refractivity contribution is 8.18. The van der Waals surface area contributed by atoms with Gasteiger partial charge in [0.1, 0.15) is 5.75 Å². The summed E-state index contributed by atoms with van der Waals surface area (Å²) in [6, 6.07) is 12.0. The number of rotatable bonds is 4. The van der Waals surface area contributed by atoms with Crippen LogP contribution in [0.25, 0.3) is 6.08 Å². The summed E-state index contributed by atoms with van der Waals surface area (Å²) in [6.45, 7) is 1.96. The van der Waals surface area contributed by atoms with Crippen LogP contribution < -0.4 is 4.74 Å². The average molecular weight is 382 g/mol. The van der Waals surface area contributed by atoms with E-state index in [0.717, 1.165) is 16.9 Å². The summed E-state index contributed by atoms with van der Waals surface area (Å²) >= 11 is 1.28. The van der Waals surface area contributed by atoms with Gasteiger partial charge in [0.05, 0.1) is 23.3 Å². The van der Waals surface area contributed by atoms with E-state index >= 15 is 0 Å². The number of ether oxygens (including phenoxy) is 1. The molecule has 3 rings (SSSR count). The number of methoxy groups -OCH3 is 1. The molecule has 1 saturated heterocycles. The van der Waals surface area contributed by atoms with E-state index in [1.54, 1.807) is 26.3 Å². The SMILES string of the molecule is COc1cc(/C=C2/SC(=Nc3ccc(C(=O)O)cc3)N(C)C2=O)ccc1C. The molecule has 1 aliphatic rings. The van der Waals surface area contributed by atoms with Crippen molar-refractivity contribution in [3.05, 3.63) is 64.1 Å². The molecule has 7 heteroatoms. The lowest BCUT2D eigenvalue weighted by Crippen LogP contribution is -2.23. The third-order valence-electron chi connectivity index (χ3n) is 4.07. The van der Waals surface area contributed by atoms with Crippen molar-refractivity contribution < 1.29 is 19.4 Å². The number of carbonyl (C=O) groups excluding carboxylic acids is 1. The summed E-state index contributed by atoms with van der Waals surface area (Å²) in [5, 5.41) is 9.49. The minimum Gasteiger partial charge on any atom is -0.496 e. The van der Waals surface area contributed by atoms with Gasteiger partial charge in [-0.25, -0.2) is 9.79 Å². The van der Waals surface area contributed by atoms with E-state index in [0.29, 0.717) is 15.8 Å². The highest BCUT2D eigenvalue weighted by Crippen LogP contribution is 2.33. The van der Waals surface area contributed by atoms with Crippen LogP contribution in [0.15, 0.2) is 52.4 Å². The summed E-state index contributed by atoms with van der Waals surface area (Å²) in [6.07, 6.45) is 1.81. The Morgan fingerprint density at radius 1 is 1.22 bits per heavy atom. The zero-order chi connectivity index (χ0) is 19.6. The Balaban J connectivity index is 1.87. The van der Waals surface area contributed by atoms with Crippen molar-refractivity contribution in [2.45, 2.75) is 6.92 Å². The maximum absolute atomic E-state index is 12.5. The van der Waals surface area contributed by atoms with E-state index in [2.05, 4.69) is 4.99 Å². The van der Waals surface area contributed by atoms with Crippen molar-refractivity contribution in [2.24, 2.45) is 4.99 Å². The van der Waals surface area contributed by atoms with Gasteiger partial charge in [-0.1, -0.05) is 12.1 Å². The number of amides is 1. The molecule has 27 heavy (non-hydrogen) atoms. The van der Waals surface area contributed by atoms with Gasteiger partial charge in [0.2, 0.25) is 0 Å². The van der Waals surface area contributed by atoms with Gasteiger partial charge < -0.3 is 9.84 Å². The summed E-state index contributed by atoms with van der Waals surface area (Å²) < 4.78 is 5.33. The first-order valence-corrected chi connectivity index (χ1v) is 8.95. The second kappa shape index (κ2) is 7.67. The van der Waals surface area contributed by atoms with Crippen LogP contribution in [0.3, 0.4) is 0 Å². The number of nitrogens with zero attached hydrogens (tertiary/aromatic N) is 2. The molecule has 6 nitrogen and oxygen atoms in total. The maximum Gasteiger partial charge on any atom is 0.335 e. The van der Waals surface area contributed by atoms with Gasteiger partial charge >= 0.3 is 5.97 Å². The summed E-state index contributed by atoms with van der Waals surface area (Å²) in [4.78, 5) is 29.9. The van der Waals surface area contributed by atoms with Gasteiger partial charge in [0.15, 0.2) is 5.17 Å². The predicted molar refractivity (Wildman–Crippen MR) is 107 cm³/mol. The molecule has 0 spiro atoms. The number of benzene rings is 2. The van der Waals surface area contributed by atoms with Crippen LogP contribution in [0.1, 0.15) is 21.5 Å². The van der Waals surface area contributed by atoms with Crippen LogP contribution in [0, 0.1) is 6.92 Å². The summed E-state index contributed by atoms with van der Waals surface area (Å²) in [5.74, 6) is -0.364. The van der Waals surface area contributed by atoms with Gasteiger partial charge in [-0.15, -0.1) is 0 Å². The highest BCUT2D eigenvalue weighted by atomic mass is 32.2. The van der Waals surface area contributed by atoms with E-state index in [1.807, 2.05) is 31.2 Å². The first kappa shape index (κ1) is 18.7. The molecule has 0 radical (unpaired) electrons. The molecule has 1 fully saturated rings. The normalized spacial score (nSPS) is 17.0. The van der Waals surface area contributed by atoms with Crippen molar-refractivity contribution in [3.63, 3.8) is 0 Å². The second-order valence-corrected chi connectivity index (χ2v) is 6.96. The Kier molecular flexibility index (Phi) is 5.32. The van der Waals surface area contributed by atoms with Crippen LogP contribution in [0.2, 0.25) is 0 Å². The molecule has 0 atom stereocenters. The number of thioether (sulfide) groups is 1. The van der Waals surface area contributed by atoms with E-state index in [-0.39, 0.29) is 11.5 Å². The number of amidine groups is 1. The molecule has 1 aliphatic heterocycles. The van der Waals surface area contributed by atoms with Crippen molar-refractivity contribution in [2.75, 3.05) is 14.2 Å². The van der Waals surface area contributed by atoms with E-state index in [4.69, 9.17) is 9.84 Å². The zero-order valence-electron chi connectivity index (χ0n) is 15.1. The van der Waals surface area contributed by atoms with Gasteiger partial charge in [-0.2, -0.15) is 0 Å². The molecule has 0 aliphatic carbocycles. The van der Waals surface area contributed by atoms with Crippen LogP contribution in [0.4, 0.5) is 5.69 Å². The fraction of sp³-hybridized carbons (Fsp3) is 0.150. The van der Waals surface area contributed by atoms with E-state index in [9.17, 15) is 9.59 Å². The largest absolute Gasteiger partial charge is 0.496 e. The van der Waals surface area contributed by atoms with Gasteiger partial charge in [-0.3, -0.25) is 9.69 Å². The number of hydrogen-bond acceptors (Lipinski definition) is 5. The molecular weight excluding hydrogens is 364 g/mol. The molecule has 1 N–H and O–H groups in total. The van der Waals surface area contributed by atoms with Crippen LogP contribution in [0.5, 0.6) is 5.75 Å². The Hall–Kier alpha value is -3.06. The molecule has 1 amide bonds. The highest BCUT2D eigenvalue weighted by Gasteiger charge is 2.30. The number of aromatic carboxylic acids is 1. The first-order chi connectivity index (χ1) is 12.9. The minimum atomic E-state index is -0.990. The Labute approximate surface area is 161 Å². The molecule has 0 aromatic heterocycles. The number of aryl methyl sites for hydroxylation is 1. The Morgan fingerprint density at radius 3 is 2.56 bits per heavy atom. The van der Waals surface area contributed by atoms with Crippen molar-refractivity contribution in [1.82, 2.24) is 4.90 Å². The van der Waals surface area contributed by atoms with Gasteiger partial charge in [0.25, 0.3) is 5.91 Å². The van der Waals surface area contributed by atoms with Crippen molar-refractivity contribution in [1.29, 1.82) is 0 Å². The molecule has 138 valence electrons. The first-order valence-electron chi connectivity index (χ1n) is 8.13. The topological polar surface area (TPSA) is 79.2 Å². The molecule has 1 heterocycles. The number of carboxylic acids is 1. The zero-order valence-corrected chi connectivity index (χ0v) is 15.9. The predicted octanol–water partition coefficient (Wildman–Crippen LogP) is 3.94. The lowest BCUT2D eigenvalue weighted by Gasteiger charge is -2.07. The molecule has 2 aromatic carbocycles. The van der Waals surface area contributed by atoms with E-state index < -0.39 is 5.97 Å². The number of likely N-dealkylation sites (N-methyl/N-ethyl adjacent to an activating group) is 1. The molecule has 2 aromatic rings. The van der Waals surface area contributed by atoms with Crippen molar-refractivity contribution in [3.8, 4) is 5.75 Å². The van der Waals surface area contributed by atoms with Crippen LogP contribution in [-0.4, -0.2) is 41.2 Å². The molecule has 0 bridgehead atoms. The van der Waals surface area contributed by atoms with Crippen LogP contribution >= 0.6 is 11.8 Å². The molecule has 0 saturated carbocycles. The van der Waals surface area contributed by atoms with Gasteiger partial charge in [-0.05, 0) is 66.2 Å². The number of carboxylic acid groups (broad SMARTS) is 1. The summed E-state index contributed by atoms with van der Waals surface area (Å²) in [5.41, 5.74) is 2.67. The molecular formula is C20H18N2O4S. The number of carbonyl (C=O) groups is 2. The third-order valence-corrected chi connectivity index (χ3v) is 5.13. The lowest BCUT2D eigenvalue weighted by atomic mass is 10.1. The Morgan fingerprint density at radius 2 is 1.93 bits per heavy atom. The summed E-state index contributed by atoms with van der Waals surface area (Å²) in [7, 11) is 3.28. The number of aliphatic imine (C=N–C) groups is 1. The fourth-order valence-electron chi connectivity index (χ4n) is 2.52. The number of hydrogen-bond donors (Lipinski definition) is 1. The fourth-order valence-corrected chi connectivity index (χ4v) is 3.51. The minimum absolute atomic E-state index is 0.138. The van der Waals surface area contributed by atoms with E-state index in [1.165, 1.54) is 28.8 Å². The smallest absolute Gasteiger partial charge is 0.335 e. The lowest BCUT2D eigenvalue weighted by molar-refractivity contribution is -0.121. The van der Waals surface area contributed by atoms with Gasteiger partial charge in [0, 0.05) is 7.05 Å².